The number of carbonyl (C=O) groups is 3. The van der Waals surface area contributed by atoms with E-state index in [1.807, 2.05) is 0 Å². The number of aromatic nitrogens is 2. The van der Waals surface area contributed by atoms with Crippen LogP contribution in [-0.2, 0) is 4.74 Å². The minimum atomic E-state index is -0.406. The number of aryl methyl sites for hydroxylation is 1. The van der Waals surface area contributed by atoms with Crippen molar-refractivity contribution in [3.63, 3.8) is 0 Å². The van der Waals surface area contributed by atoms with E-state index in [1.54, 1.807) is 74.0 Å². The van der Waals surface area contributed by atoms with Gasteiger partial charge >= 0.3 is 5.97 Å². The molecule has 0 spiro atoms. The van der Waals surface area contributed by atoms with Crippen LogP contribution in [0.1, 0.15) is 49.4 Å². The molecule has 146 valence electrons. The Labute approximate surface area is 167 Å². The first-order valence-electron chi connectivity index (χ1n) is 9.25. The molecule has 1 aliphatic rings. The van der Waals surface area contributed by atoms with E-state index in [9.17, 15) is 14.4 Å². The number of anilines is 1. The molecule has 29 heavy (non-hydrogen) atoms. The molecule has 0 saturated heterocycles. The van der Waals surface area contributed by atoms with E-state index < -0.39 is 5.97 Å². The molecule has 3 aromatic rings. The van der Waals surface area contributed by atoms with Gasteiger partial charge in [0, 0.05) is 0 Å². The van der Waals surface area contributed by atoms with Gasteiger partial charge in [-0.1, -0.05) is 12.1 Å². The second-order valence-electron chi connectivity index (χ2n) is 6.69. The number of hydrogen-bond donors (Lipinski definition) is 0. The maximum atomic E-state index is 12.6. The minimum Gasteiger partial charge on any atom is -0.462 e. The molecule has 0 saturated carbocycles. The summed E-state index contributed by atoms with van der Waals surface area (Å²) < 4.78 is 6.75. The molecule has 1 aliphatic heterocycles. The first-order valence-corrected chi connectivity index (χ1v) is 9.25. The Kier molecular flexibility index (Phi) is 4.50. The van der Waals surface area contributed by atoms with Crippen molar-refractivity contribution in [3.8, 4) is 5.69 Å². The zero-order valence-corrected chi connectivity index (χ0v) is 16.3. The summed E-state index contributed by atoms with van der Waals surface area (Å²) in [5, 5.41) is 4.44. The molecule has 1 aromatic heterocycles. The number of esters is 1. The number of fused-ring (bicyclic) bond motifs is 1. The summed E-state index contributed by atoms with van der Waals surface area (Å²) in [6, 6.07) is 13.7. The Morgan fingerprint density at radius 1 is 0.931 bits per heavy atom. The molecular weight excluding hydrogens is 370 g/mol. The molecule has 7 nitrogen and oxygen atoms in total. The molecular formula is C22H19N3O4. The number of ether oxygens (including phenoxy) is 1. The third-order valence-electron chi connectivity index (χ3n) is 4.92. The molecule has 0 fully saturated rings. The predicted molar refractivity (Wildman–Crippen MR) is 107 cm³/mol. The molecule has 0 radical (unpaired) electrons. The fraction of sp³-hybridized carbons (Fsp3) is 0.182. The molecule has 2 amide bonds. The molecule has 2 heterocycles. The Balaban J connectivity index is 1.67. The standard InChI is InChI=1S/C22H19N3O4/c1-4-29-22(28)19-13(2)23-25(14(19)3)16-11-9-15(10-12-16)24-20(26)17-7-5-6-8-18(17)21(24)27/h5-12H,4H2,1-3H3. The van der Waals surface area contributed by atoms with Gasteiger partial charge in [-0.25, -0.2) is 14.4 Å². The summed E-state index contributed by atoms with van der Waals surface area (Å²) in [7, 11) is 0. The number of nitrogens with zero attached hydrogens (tertiary/aromatic N) is 3. The zero-order valence-electron chi connectivity index (χ0n) is 16.3. The van der Waals surface area contributed by atoms with Gasteiger partial charge in [-0.15, -0.1) is 0 Å². The quantitative estimate of drug-likeness (QED) is 0.504. The molecule has 0 N–H and O–H groups in total. The summed E-state index contributed by atoms with van der Waals surface area (Å²) in [6.07, 6.45) is 0. The number of hydrogen-bond acceptors (Lipinski definition) is 5. The average Bonchev–Trinajstić information content (AvgIpc) is 3.15. The summed E-state index contributed by atoms with van der Waals surface area (Å²) in [5.41, 5.74) is 3.67. The maximum absolute atomic E-state index is 12.6. The lowest BCUT2D eigenvalue weighted by atomic mass is 10.1. The van der Waals surface area contributed by atoms with Gasteiger partial charge in [0.25, 0.3) is 11.8 Å². The lowest BCUT2D eigenvalue weighted by Crippen LogP contribution is -2.29. The highest BCUT2D eigenvalue weighted by Gasteiger charge is 2.36. The fourth-order valence-electron chi connectivity index (χ4n) is 3.56. The summed E-state index contributed by atoms with van der Waals surface area (Å²) in [6.45, 7) is 5.59. The van der Waals surface area contributed by atoms with Gasteiger partial charge < -0.3 is 4.74 Å². The number of carbonyl (C=O) groups excluding carboxylic acids is 3. The Bertz CT molecular complexity index is 1110. The monoisotopic (exact) mass is 389 g/mol. The van der Waals surface area contributed by atoms with Crippen molar-refractivity contribution in [1.29, 1.82) is 0 Å². The predicted octanol–water partition coefficient (Wildman–Crippen LogP) is 3.47. The summed E-state index contributed by atoms with van der Waals surface area (Å²) >= 11 is 0. The number of rotatable bonds is 4. The first-order chi connectivity index (χ1) is 13.9. The summed E-state index contributed by atoms with van der Waals surface area (Å²) in [4.78, 5) is 38.6. The Morgan fingerprint density at radius 2 is 1.48 bits per heavy atom. The number of benzene rings is 2. The van der Waals surface area contributed by atoms with Crippen LogP contribution in [-0.4, -0.2) is 34.2 Å². The van der Waals surface area contributed by atoms with Gasteiger partial charge in [-0.05, 0) is 57.2 Å². The largest absolute Gasteiger partial charge is 0.462 e. The van der Waals surface area contributed by atoms with Crippen LogP contribution in [0.4, 0.5) is 5.69 Å². The van der Waals surface area contributed by atoms with Gasteiger partial charge in [-0.2, -0.15) is 5.10 Å². The van der Waals surface area contributed by atoms with Gasteiger partial charge in [0.05, 0.1) is 40.5 Å². The van der Waals surface area contributed by atoms with Gasteiger partial charge in [-0.3, -0.25) is 9.59 Å². The van der Waals surface area contributed by atoms with Crippen LogP contribution in [0, 0.1) is 13.8 Å². The van der Waals surface area contributed by atoms with Crippen molar-refractivity contribution >= 4 is 23.5 Å². The van der Waals surface area contributed by atoms with Crippen molar-refractivity contribution in [2.24, 2.45) is 0 Å². The second kappa shape index (κ2) is 7.01. The van der Waals surface area contributed by atoms with E-state index >= 15 is 0 Å². The highest BCUT2D eigenvalue weighted by atomic mass is 16.5. The highest BCUT2D eigenvalue weighted by Crippen LogP contribution is 2.29. The second-order valence-corrected chi connectivity index (χ2v) is 6.69. The molecule has 0 atom stereocenters. The van der Waals surface area contributed by atoms with Crippen LogP contribution in [0.3, 0.4) is 0 Å². The third kappa shape index (κ3) is 2.91. The van der Waals surface area contributed by atoms with Crippen LogP contribution in [0.25, 0.3) is 5.69 Å². The fourth-order valence-corrected chi connectivity index (χ4v) is 3.56. The molecule has 2 aromatic carbocycles. The van der Waals surface area contributed by atoms with Crippen molar-refractivity contribution in [1.82, 2.24) is 9.78 Å². The van der Waals surface area contributed by atoms with Crippen LogP contribution < -0.4 is 4.90 Å². The van der Waals surface area contributed by atoms with E-state index in [0.29, 0.717) is 39.5 Å². The number of amides is 2. The summed E-state index contributed by atoms with van der Waals surface area (Å²) in [5.74, 6) is -1.08. The lowest BCUT2D eigenvalue weighted by Gasteiger charge is -2.14. The Hall–Kier alpha value is -3.74. The van der Waals surface area contributed by atoms with Crippen molar-refractivity contribution in [2.45, 2.75) is 20.8 Å². The third-order valence-corrected chi connectivity index (χ3v) is 4.92. The van der Waals surface area contributed by atoms with Gasteiger partial charge in [0.1, 0.15) is 5.56 Å². The van der Waals surface area contributed by atoms with Crippen molar-refractivity contribution in [3.05, 3.63) is 76.6 Å². The van der Waals surface area contributed by atoms with E-state index in [0.717, 1.165) is 0 Å². The van der Waals surface area contributed by atoms with Crippen LogP contribution in [0.5, 0.6) is 0 Å². The van der Waals surface area contributed by atoms with Crippen LogP contribution in [0.2, 0.25) is 0 Å². The first kappa shape index (κ1) is 18.6. The van der Waals surface area contributed by atoms with Crippen molar-refractivity contribution < 1.29 is 19.1 Å². The topological polar surface area (TPSA) is 81.5 Å². The molecule has 0 aliphatic carbocycles. The zero-order chi connectivity index (χ0) is 20.7. The number of imide groups is 1. The van der Waals surface area contributed by atoms with E-state index in [2.05, 4.69) is 5.10 Å². The molecule has 0 unspecified atom stereocenters. The SMILES string of the molecule is CCOC(=O)c1c(C)nn(-c2ccc(N3C(=O)c4ccccc4C3=O)cc2)c1C. The highest BCUT2D eigenvalue weighted by molar-refractivity contribution is 6.34. The average molecular weight is 389 g/mol. The maximum Gasteiger partial charge on any atom is 0.341 e. The normalized spacial score (nSPS) is 13.0. The van der Waals surface area contributed by atoms with E-state index in [-0.39, 0.29) is 18.4 Å². The van der Waals surface area contributed by atoms with Gasteiger partial charge in [0.2, 0.25) is 0 Å². The lowest BCUT2D eigenvalue weighted by molar-refractivity contribution is 0.0524. The van der Waals surface area contributed by atoms with Crippen LogP contribution >= 0.6 is 0 Å². The van der Waals surface area contributed by atoms with Crippen molar-refractivity contribution in [2.75, 3.05) is 11.5 Å². The van der Waals surface area contributed by atoms with E-state index in [1.165, 1.54) is 4.90 Å². The Morgan fingerprint density at radius 3 is 2.03 bits per heavy atom. The molecule has 4 rings (SSSR count). The smallest absolute Gasteiger partial charge is 0.341 e. The minimum absolute atomic E-state index is 0.290. The van der Waals surface area contributed by atoms with E-state index in [4.69, 9.17) is 4.74 Å². The molecule has 0 bridgehead atoms. The van der Waals surface area contributed by atoms with Gasteiger partial charge in [0.15, 0.2) is 0 Å². The van der Waals surface area contributed by atoms with Crippen LogP contribution in [0.15, 0.2) is 48.5 Å². The molecule has 7 heteroatoms.